The lowest BCUT2D eigenvalue weighted by Crippen LogP contribution is -2.24. The van der Waals surface area contributed by atoms with E-state index in [1.807, 2.05) is 35.1 Å². The maximum absolute atomic E-state index is 12.2. The average molecular weight is 356 g/mol. The van der Waals surface area contributed by atoms with E-state index in [4.69, 9.17) is 9.47 Å². The minimum atomic E-state index is -0.107. The number of aryl methyl sites for hydroxylation is 1. The summed E-state index contributed by atoms with van der Waals surface area (Å²) in [4.78, 5) is 17.2. The first-order valence-electron chi connectivity index (χ1n) is 7.91. The Morgan fingerprint density at radius 1 is 1.32 bits per heavy atom. The van der Waals surface area contributed by atoms with E-state index >= 15 is 0 Å². The van der Waals surface area contributed by atoms with Crippen LogP contribution in [0.3, 0.4) is 0 Å². The number of amides is 1. The van der Waals surface area contributed by atoms with Gasteiger partial charge in [0.2, 0.25) is 6.79 Å². The van der Waals surface area contributed by atoms with E-state index in [1.54, 1.807) is 12.4 Å². The molecule has 0 unspecified atom stereocenters. The van der Waals surface area contributed by atoms with Crippen LogP contribution in [0, 0.1) is 0 Å². The van der Waals surface area contributed by atoms with Crippen LogP contribution in [0.25, 0.3) is 10.6 Å². The molecule has 0 radical (unpaired) electrons. The predicted octanol–water partition coefficient (Wildman–Crippen LogP) is 2.56. The number of fused-ring (bicyclic) bond motifs is 1. The van der Waals surface area contributed by atoms with Crippen LogP contribution in [-0.2, 0) is 6.54 Å². The zero-order valence-electron chi connectivity index (χ0n) is 13.3. The Hall–Kier alpha value is -2.87. The van der Waals surface area contributed by atoms with E-state index in [-0.39, 0.29) is 12.7 Å². The maximum Gasteiger partial charge on any atom is 0.263 e. The Morgan fingerprint density at radius 3 is 3.12 bits per heavy atom. The molecule has 0 atom stereocenters. The van der Waals surface area contributed by atoms with Crippen molar-refractivity contribution < 1.29 is 14.3 Å². The van der Waals surface area contributed by atoms with Gasteiger partial charge in [-0.3, -0.25) is 9.48 Å². The highest BCUT2D eigenvalue weighted by atomic mass is 32.1. The summed E-state index contributed by atoms with van der Waals surface area (Å²) in [7, 11) is 0. The van der Waals surface area contributed by atoms with E-state index in [2.05, 4.69) is 15.4 Å². The second kappa shape index (κ2) is 6.94. The summed E-state index contributed by atoms with van der Waals surface area (Å²) in [6.45, 7) is 1.61. The van der Waals surface area contributed by atoms with Crippen molar-refractivity contribution in [1.82, 2.24) is 20.1 Å². The van der Waals surface area contributed by atoms with Gasteiger partial charge in [0, 0.05) is 31.0 Å². The van der Waals surface area contributed by atoms with Crippen LogP contribution in [0.4, 0.5) is 0 Å². The molecule has 1 aliphatic heterocycles. The van der Waals surface area contributed by atoms with Gasteiger partial charge in [0.05, 0.1) is 6.20 Å². The zero-order chi connectivity index (χ0) is 17.1. The third-order valence-corrected chi connectivity index (χ3v) is 4.80. The van der Waals surface area contributed by atoms with Crippen LogP contribution in [0.1, 0.15) is 16.1 Å². The number of ether oxygens (including phenoxy) is 2. The summed E-state index contributed by atoms with van der Waals surface area (Å²) >= 11 is 1.36. The van der Waals surface area contributed by atoms with Gasteiger partial charge in [-0.25, -0.2) is 4.98 Å². The molecule has 3 aromatic rings. The van der Waals surface area contributed by atoms with Gasteiger partial charge in [-0.2, -0.15) is 5.10 Å². The summed E-state index contributed by atoms with van der Waals surface area (Å²) in [5.74, 6) is 1.33. The quantitative estimate of drug-likeness (QED) is 0.687. The molecule has 2 aromatic heterocycles. The maximum atomic E-state index is 12.2. The Kier molecular flexibility index (Phi) is 4.34. The SMILES string of the molecule is O=C(NCCCn1cccn1)c1cnc(-c2ccc3c(c2)OCO3)s1. The van der Waals surface area contributed by atoms with Gasteiger partial charge in [-0.15, -0.1) is 11.3 Å². The number of rotatable bonds is 6. The molecule has 0 fully saturated rings. The van der Waals surface area contributed by atoms with Gasteiger partial charge in [0.15, 0.2) is 11.5 Å². The van der Waals surface area contributed by atoms with Crippen molar-refractivity contribution in [2.45, 2.75) is 13.0 Å². The fourth-order valence-corrected chi connectivity index (χ4v) is 3.33. The third-order valence-electron chi connectivity index (χ3n) is 3.76. The molecule has 0 bridgehead atoms. The number of nitrogens with zero attached hydrogens (tertiary/aromatic N) is 3. The second-order valence-corrected chi connectivity index (χ2v) is 6.51. The third kappa shape index (κ3) is 3.48. The lowest BCUT2D eigenvalue weighted by Gasteiger charge is -2.03. The Bertz CT molecular complexity index is 876. The highest BCUT2D eigenvalue weighted by Gasteiger charge is 2.16. The molecule has 0 spiro atoms. The van der Waals surface area contributed by atoms with Crippen LogP contribution in [0.15, 0.2) is 42.9 Å². The van der Waals surface area contributed by atoms with Crippen LogP contribution < -0.4 is 14.8 Å². The van der Waals surface area contributed by atoms with E-state index in [1.165, 1.54) is 11.3 Å². The van der Waals surface area contributed by atoms with Gasteiger partial charge in [-0.05, 0) is 30.7 Å². The van der Waals surface area contributed by atoms with Gasteiger partial charge in [0.25, 0.3) is 5.91 Å². The molecule has 1 aliphatic rings. The van der Waals surface area contributed by atoms with Crippen molar-refractivity contribution in [2.24, 2.45) is 0 Å². The number of benzene rings is 1. The van der Waals surface area contributed by atoms with Crippen LogP contribution in [-0.4, -0.2) is 34.0 Å². The molecule has 0 saturated carbocycles. The van der Waals surface area contributed by atoms with Crippen molar-refractivity contribution in [3.63, 3.8) is 0 Å². The summed E-state index contributed by atoms with van der Waals surface area (Å²) in [6, 6.07) is 7.53. The van der Waals surface area contributed by atoms with E-state index in [9.17, 15) is 4.79 Å². The van der Waals surface area contributed by atoms with Gasteiger partial charge < -0.3 is 14.8 Å². The molecule has 4 rings (SSSR count). The van der Waals surface area contributed by atoms with Crippen molar-refractivity contribution in [3.05, 3.63) is 47.7 Å². The Labute approximate surface area is 148 Å². The molecule has 128 valence electrons. The van der Waals surface area contributed by atoms with Crippen molar-refractivity contribution in [1.29, 1.82) is 0 Å². The average Bonchev–Trinajstić information content (AvgIpc) is 3.39. The Balaban J connectivity index is 1.35. The lowest BCUT2D eigenvalue weighted by molar-refractivity contribution is 0.0956. The monoisotopic (exact) mass is 356 g/mol. The standard InChI is InChI=1S/C17H16N4O3S/c22-16(18-5-1-7-21-8-2-6-20-21)15-10-19-17(25-15)12-3-4-13-14(9-12)24-11-23-13/h2-4,6,8-10H,1,5,7,11H2,(H,18,22). The topological polar surface area (TPSA) is 78.3 Å². The molecule has 25 heavy (non-hydrogen) atoms. The molecule has 1 amide bonds. The molecular weight excluding hydrogens is 340 g/mol. The molecule has 7 nitrogen and oxygen atoms in total. The minimum absolute atomic E-state index is 0.107. The van der Waals surface area contributed by atoms with Crippen molar-refractivity contribution in [2.75, 3.05) is 13.3 Å². The molecule has 1 aromatic carbocycles. The van der Waals surface area contributed by atoms with Gasteiger partial charge in [0.1, 0.15) is 9.88 Å². The number of nitrogens with one attached hydrogen (secondary N) is 1. The minimum Gasteiger partial charge on any atom is -0.454 e. The highest BCUT2D eigenvalue weighted by molar-refractivity contribution is 7.16. The number of hydrogen-bond acceptors (Lipinski definition) is 6. The first-order chi connectivity index (χ1) is 12.3. The number of carbonyl (C=O) groups excluding carboxylic acids is 1. The summed E-state index contributed by atoms with van der Waals surface area (Å²) < 4.78 is 12.5. The number of aromatic nitrogens is 3. The zero-order valence-corrected chi connectivity index (χ0v) is 14.2. The van der Waals surface area contributed by atoms with Gasteiger partial charge in [-0.1, -0.05) is 0 Å². The Morgan fingerprint density at radius 2 is 2.24 bits per heavy atom. The van der Waals surface area contributed by atoms with Crippen molar-refractivity contribution in [3.8, 4) is 22.1 Å². The fraction of sp³-hybridized carbons (Fsp3) is 0.235. The first-order valence-corrected chi connectivity index (χ1v) is 8.73. The van der Waals surface area contributed by atoms with Crippen LogP contribution >= 0.6 is 11.3 Å². The summed E-state index contributed by atoms with van der Waals surface area (Å²) in [6.07, 6.45) is 6.07. The number of carbonyl (C=O) groups is 1. The molecule has 1 N–H and O–H groups in total. The van der Waals surface area contributed by atoms with E-state index in [0.29, 0.717) is 17.2 Å². The summed E-state index contributed by atoms with van der Waals surface area (Å²) in [5, 5.41) is 7.82. The largest absolute Gasteiger partial charge is 0.454 e. The molecular formula is C17H16N4O3S. The molecule has 0 aliphatic carbocycles. The second-order valence-electron chi connectivity index (χ2n) is 5.48. The number of thiazole rings is 1. The van der Waals surface area contributed by atoms with E-state index in [0.717, 1.165) is 29.3 Å². The predicted molar refractivity (Wildman–Crippen MR) is 92.9 cm³/mol. The van der Waals surface area contributed by atoms with Crippen molar-refractivity contribution >= 4 is 17.2 Å². The smallest absolute Gasteiger partial charge is 0.263 e. The lowest BCUT2D eigenvalue weighted by atomic mass is 10.2. The first kappa shape index (κ1) is 15.6. The van der Waals surface area contributed by atoms with E-state index < -0.39 is 0 Å². The molecule has 0 saturated heterocycles. The van der Waals surface area contributed by atoms with Gasteiger partial charge >= 0.3 is 0 Å². The normalized spacial score (nSPS) is 12.3. The van der Waals surface area contributed by atoms with Crippen LogP contribution in [0.5, 0.6) is 11.5 Å². The molecule has 3 heterocycles. The highest BCUT2D eigenvalue weighted by Crippen LogP contribution is 2.36. The van der Waals surface area contributed by atoms with Crippen LogP contribution in [0.2, 0.25) is 0 Å². The summed E-state index contributed by atoms with van der Waals surface area (Å²) in [5.41, 5.74) is 0.909. The molecule has 8 heteroatoms. The number of hydrogen-bond donors (Lipinski definition) is 1. The fourth-order valence-electron chi connectivity index (χ4n) is 2.50.